The fourth-order valence-electron chi connectivity index (χ4n) is 0.824. The molecule has 0 heterocycles. The third-order valence-electron chi connectivity index (χ3n) is 1.51. The maximum absolute atomic E-state index is 6.82. The summed E-state index contributed by atoms with van der Waals surface area (Å²) in [5.74, 6) is 2.33. The molecule has 0 spiro atoms. The van der Waals surface area contributed by atoms with Crippen LogP contribution in [0.5, 0.6) is 0 Å². The normalized spacial score (nSPS) is 8.80. The number of hydrogen-bond acceptors (Lipinski definition) is 0. The van der Waals surface area contributed by atoms with Gasteiger partial charge in [-0.15, -0.1) is 0 Å². The van der Waals surface area contributed by atoms with Crippen LogP contribution in [-0.2, 0) is 6.42 Å². The average molecular weight is 129 g/mol. The fraction of sp³-hybridized carbons (Fsp3) is 0.200. The molecule has 0 atom stereocenters. The maximum atomic E-state index is 6.82. The van der Waals surface area contributed by atoms with Crippen molar-refractivity contribution in [3.05, 3.63) is 41.8 Å². The molecule has 1 aromatic carbocycles. The van der Waals surface area contributed by atoms with E-state index in [-0.39, 0.29) is 0 Å². The van der Waals surface area contributed by atoms with Gasteiger partial charge in [-0.2, -0.15) is 0 Å². The first-order chi connectivity index (χ1) is 4.86. The van der Waals surface area contributed by atoms with Gasteiger partial charge in [0, 0.05) is 5.56 Å². The zero-order valence-electron chi connectivity index (χ0n) is 6.02. The summed E-state index contributed by atoms with van der Waals surface area (Å²) in [5.41, 5.74) is 2.15. The Morgan fingerprint density at radius 3 is 2.30 bits per heavy atom. The highest BCUT2D eigenvalue weighted by Crippen LogP contribution is 2.02. The van der Waals surface area contributed by atoms with Crippen molar-refractivity contribution in [2.75, 3.05) is 0 Å². The van der Waals surface area contributed by atoms with E-state index in [2.05, 4.69) is 12.8 Å². The van der Waals surface area contributed by atoms with Crippen molar-refractivity contribution in [3.8, 4) is 5.92 Å². The van der Waals surface area contributed by atoms with Crippen LogP contribution in [0.25, 0.3) is 0 Å². The molecule has 1 rings (SSSR count). The van der Waals surface area contributed by atoms with Crippen molar-refractivity contribution in [1.82, 2.24) is 0 Å². The second-order valence-corrected chi connectivity index (χ2v) is 2.18. The minimum atomic E-state index is 0.845. The maximum Gasteiger partial charge on any atom is 0.0255 e. The van der Waals surface area contributed by atoms with Gasteiger partial charge < -0.3 is 0 Å². The predicted molar refractivity (Wildman–Crippen MR) is 42.1 cm³/mol. The van der Waals surface area contributed by atoms with E-state index in [0.717, 1.165) is 12.0 Å². The lowest BCUT2D eigenvalue weighted by Crippen LogP contribution is -1.78. The number of aryl methyl sites for hydroxylation is 1. The van der Waals surface area contributed by atoms with E-state index in [4.69, 9.17) is 6.42 Å². The molecule has 10 heavy (non-hydrogen) atoms. The van der Waals surface area contributed by atoms with Crippen LogP contribution in [0, 0.1) is 12.3 Å². The summed E-state index contributed by atoms with van der Waals surface area (Å²) >= 11 is 0. The highest BCUT2D eigenvalue weighted by Gasteiger charge is 1.87. The monoisotopic (exact) mass is 129 g/mol. The Balaban J connectivity index is 2.93. The number of hydrogen-bond donors (Lipinski definition) is 0. The molecule has 0 N–H and O–H groups in total. The summed E-state index contributed by atoms with van der Waals surface area (Å²) < 4.78 is 0. The summed E-state index contributed by atoms with van der Waals surface area (Å²) in [6, 6.07) is 7.87. The molecule has 0 unspecified atom stereocenters. The van der Waals surface area contributed by atoms with E-state index in [1.807, 2.05) is 24.3 Å². The average Bonchev–Trinajstić information content (AvgIpc) is 2.05. The van der Waals surface area contributed by atoms with Gasteiger partial charge in [0.2, 0.25) is 0 Å². The highest BCUT2D eigenvalue weighted by molar-refractivity contribution is 5.32. The minimum absolute atomic E-state index is 0.845. The van der Waals surface area contributed by atoms with Gasteiger partial charge in [-0.05, 0) is 30.5 Å². The van der Waals surface area contributed by atoms with Crippen LogP contribution in [0.2, 0.25) is 0 Å². The van der Waals surface area contributed by atoms with Crippen molar-refractivity contribution >= 4 is 0 Å². The fourth-order valence-corrected chi connectivity index (χ4v) is 0.824. The Kier molecular flexibility index (Phi) is 2.12. The molecule has 0 aliphatic heterocycles. The lowest BCUT2D eigenvalue weighted by Gasteiger charge is -1.93. The SMILES string of the molecule is [C]#Cc1ccc(CC)cc1. The Bertz CT molecular complexity index is 236. The van der Waals surface area contributed by atoms with E-state index in [1.165, 1.54) is 5.56 Å². The smallest absolute Gasteiger partial charge is 0.0255 e. The summed E-state index contributed by atoms with van der Waals surface area (Å²) in [6.45, 7) is 2.11. The molecule has 0 aliphatic carbocycles. The van der Waals surface area contributed by atoms with Crippen LogP contribution in [0.3, 0.4) is 0 Å². The molecule has 0 aromatic heterocycles. The molecule has 49 valence electrons. The van der Waals surface area contributed by atoms with Gasteiger partial charge in [-0.25, -0.2) is 0 Å². The standard InChI is InChI=1S/C10H9/c1-3-9-5-7-10(4-2)8-6-9/h5-8H,3H2,1H3. The summed E-state index contributed by atoms with van der Waals surface area (Å²) in [4.78, 5) is 0. The third kappa shape index (κ3) is 1.39. The Hall–Kier alpha value is -1.22. The molecular formula is C10H9. The van der Waals surface area contributed by atoms with Gasteiger partial charge >= 0.3 is 0 Å². The van der Waals surface area contributed by atoms with E-state index in [9.17, 15) is 0 Å². The molecule has 1 radical (unpaired) electrons. The molecule has 0 saturated heterocycles. The zero-order chi connectivity index (χ0) is 7.40. The minimum Gasteiger partial charge on any atom is -0.0613 e. The van der Waals surface area contributed by atoms with Crippen LogP contribution in [0.1, 0.15) is 18.1 Å². The number of rotatable bonds is 1. The summed E-state index contributed by atoms with van der Waals surface area (Å²) in [5, 5.41) is 0. The van der Waals surface area contributed by atoms with Gasteiger partial charge in [-0.3, -0.25) is 0 Å². The lowest BCUT2D eigenvalue weighted by molar-refractivity contribution is 1.14. The molecular weight excluding hydrogens is 120 g/mol. The van der Waals surface area contributed by atoms with Gasteiger partial charge in [0.25, 0.3) is 0 Å². The van der Waals surface area contributed by atoms with Gasteiger partial charge in [-0.1, -0.05) is 25.0 Å². The van der Waals surface area contributed by atoms with E-state index in [0.29, 0.717) is 0 Å². The van der Waals surface area contributed by atoms with E-state index >= 15 is 0 Å². The zero-order valence-corrected chi connectivity index (χ0v) is 6.02. The van der Waals surface area contributed by atoms with Crippen molar-refractivity contribution in [2.24, 2.45) is 0 Å². The van der Waals surface area contributed by atoms with Crippen molar-refractivity contribution < 1.29 is 0 Å². The van der Waals surface area contributed by atoms with Crippen LogP contribution in [0.4, 0.5) is 0 Å². The first-order valence-electron chi connectivity index (χ1n) is 3.38. The number of benzene rings is 1. The summed E-state index contributed by atoms with van der Waals surface area (Å²) in [7, 11) is 0. The lowest BCUT2D eigenvalue weighted by atomic mass is 10.1. The molecule has 0 amide bonds. The topological polar surface area (TPSA) is 0 Å². The molecule has 0 fully saturated rings. The van der Waals surface area contributed by atoms with Crippen LogP contribution in [0.15, 0.2) is 24.3 Å². The van der Waals surface area contributed by atoms with E-state index in [1.54, 1.807) is 0 Å². The van der Waals surface area contributed by atoms with Crippen LogP contribution < -0.4 is 0 Å². The first kappa shape index (κ1) is 6.89. The van der Waals surface area contributed by atoms with Gasteiger partial charge in [0.05, 0.1) is 0 Å². The molecule has 0 bridgehead atoms. The Morgan fingerprint density at radius 1 is 1.30 bits per heavy atom. The molecule has 1 aromatic rings. The van der Waals surface area contributed by atoms with Crippen molar-refractivity contribution in [1.29, 1.82) is 0 Å². The van der Waals surface area contributed by atoms with Crippen molar-refractivity contribution in [2.45, 2.75) is 13.3 Å². The second kappa shape index (κ2) is 3.08. The van der Waals surface area contributed by atoms with E-state index < -0.39 is 0 Å². The molecule has 0 nitrogen and oxygen atoms in total. The third-order valence-corrected chi connectivity index (χ3v) is 1.51. The Morgan fingerprint density at radius 2 is 1.90 bits per heavy atom. The molecule has 0 saturated carbocycles. The molecule has 0 heteroatoms. The van der Waals surface area contributed by atoms with Crippen LogP contribution in [-0.4, -0.2) is 0 Å². The highest BCUT2D eigenvalue weighted by atomic mass is 13.9. The van der Waals surface area contributed by atoms with Gasteiger partial charge in [0.15, 0.2) is 0 Å². The summed E-state index contributed by atoms with van der Waals surface area (Å²) in [6.07, 6.45) is 7.88. The molecule has 0 aliphatic rings. The Labute approximate surface area is 61.9 Å². The second-order valence-electron chi connectivity index (χ2n) is 2.18. The quantitative estimate of drug-likeness (QED) is 0.510. The van der Waals surface area contributed by atoms with Gasteiger partial charge in [0.1, 0.15) is 0 Å². The van der Waals surface area contributed by atoms with Crippen molar-refractivity contribution in [3.63, 3.8) is 0 Å². The first-order valence-corrected chi connectivity index (χ1v) is 3.38. The predicted octanol–water partition coefficient (Wildman–Crippen LogP) is 2.19. The van der Waals surface area contributed by atoms with Crippen LogP contribution >= 0.6 is 0 Å². The largest absolute Gasteiger partial charge is 0.0613 e.